The lowest BCUT2D eigenvalue weighted by Gasteiger charge is -2.56. The summed E-state index contributed by atoms with van der Waals surface area (Å²) in [6, 6.07) is 0. The molecule has 0 aromatic heterocycles. The van der Waals surface area contributed by atoms with Crippen molar-refractivity contribution >= 4 is 0 Å². The number of allylic oxidation sites excluding steroid dienone is 4. The molecule has 0 bridgehead atoms. The summed E-state index contributed by atoms with van der Waals surface area (Å²) in [5.74, 6) is 3.75. The fourth-order valence-electron chi connectivity index (χ4n) is 8.88. The van der Waals surface area contributed by atoms with Gasteiger partial charge < -0.3 is 5.11 Å². The van der Waals surface area contributed by atoms with Gasteiger partial charge in [0.2, 0.25) is 0 Å². The minimum Gasteiger partial charge on any atom is -0.393 e. The van der Waals surface area contributed by atoms with Crippen molar-refractivity contribution in [1.29, 1.82) is 0 Å². The summed E-state index contributed by atoms with van der Waals surface area (Å²) in [6.45, 7) is 14.8. The molecule has 1 nitrogen and oxygen atoms in total. The summed E-state index contributed by atoms with van der Waals surface area (Å²) >= 11 is 0. The molecule has 182 valence electrons. The fourth-order valence-corrected chi connectivity index (χ4v) is 8.88. The Balaban J connectivity index is 1.55. The van der Waals surface area contributed by atoms with Crippen LogP contribution >= 0.6 is 0 Å². The third kappa shape index (κ3) is 4.18. The number of hydrogen-bond acceptors (Lipinski definition) is 1. The van der Waals surface area contributed by atoms with Gasteiger partial charge in [-0.15, -0.1) is 0 Å². The molecule has 0 aromatic rings. The van der Waals surface area contributed by atoms with Crippen LogP contribution in [-0.2, 0) is 0 Å². The molecule has 4 aliphatic carbocycles. The van der Waals surface area contributed by atoms with Crippen LogP contribution in [0.2, 0.25) is 0 Å². The Labute approximate surface area is 199 Å². The van der Waals surface area contributed by atoms with E-state index >= 15 is 0 Å². The Morgan fingerprint density at radius 2 is 1.78 bits per heavy atom. The van der Waals surface area contributed by atoms with Gasteiger partial charge in [-0.1, -0.05) is 85.3 Å². The number of fused-ring (bicyclic) bond motifs is 4. The van der Waals surface area contributed by atoms with Crippen molar-refractivity contribution in [3.63, 3.8) is 0 Å². The second kappa shape index (κ2) is 9.59. The molecule has 0 saturated heterocycles. The molecule has 2 unspecified atom stereocenters. The first-order valence-electron chi connectivity index (χ1n) is 14.3. The van der Waals surface area contributed by atoms with Crippen molar-refractivity contribution in [2.24, 2.45) is 40.4 Å². The molecule has 0 radical (unpaired) electrons. The zero-order chi connectivity index (χ0) is 23.1. The maximum atomic E-state index is 10.9. The Kier molecular flexibility index (Phi) is 7.36. The largest absolute Gasteiger partial charge is 0.393 e. The van der Waals surface area contributed by atoms with Crippen molar-refractivity contribution in [2.75, 3.05) is 0 Å². The summed E-state index contributed by atoms with van der Waals surface area (Å²) in [7, 11) is 0. The maximum Gasteiger partial charge on any atom is 0.0571 e. The quantitative estimate of drug-likeness (QED) is 0.399. The van der Waals surface area contributed by atoms with Crippen LogP contribution in [0.3, 0.4) is 0 Å². The molecule has 32 heavy (non-hydrogen) atoms. The number of rotatable bonds is 8. The van der Waals surface area contributed by atoms with Crippen molar-refractivity contribution in [3.8, 4) is 0 Å². The van der Waals surface area contributed by atoms with Gasteiger partial charge in [0.15, 0.2) is 0 Å². The fraction of sp³-hybridized carbons (Fsp3) is 0.871. The van der Waals surface area contributed by atoms with E-state index in [2.05, 4.69) is 47.6 Å². The van der Waals surface area contributed by atoms with E-state index in [0.29, 0.717) is 22.7 Å². The third-order valence-electron chi connectivity index (χ3n) is 10.8. The molecule has 0 amide bonds. The summed E-state index contributed by atoms with van der Waals surface area (Å²) in [5.41, 5.74) is 6.15. The van der Waals surface area contributed by atoms with Gasteiger partial charge in [-0.2, -0.15) is 0 Å². The molecule has 0 aliphatic heterocycles. The van der Waals surface area contributed by atoms with E-state index in [4.69, 9.17) is 0 Å². The molecule has 1 fully saturated rings. The SMILES string of the molecule is CCCCC1C2CCC3=C(CC[C@@]4(C)C3=CC[C@@H]4[C@H](C)CCCC(C)C)[C@@]2(C)CC[C@@H]1O. The van der Waals surface area contributed by atoms with Gasteiger partial charge in [0.05, 0.1) is 6.10 Å². The van der Waals surface area contributed by atoms with Crippen molar-refractivity contribution in [1.82, 2.24) is 0 Å². The molecule has 4 rings (SSSR count). The number of aliphatic hydroxyl groups excluding tert-OH is 1. The molecule has 1 saturated carbocycles. The van der Waals surface area contributed by atoms with Gasteiger partial charge in [-0.3, -0.25) is 0 Å². The summed E-state index contributed by atoms with van der Waals surface area (Å²) in [4.78, 5) is 0. The van der Waals surface area contributed by atoms with Crippen LogP contribution in [0.5, 0.6) is 0 Å². The first-order chi connectivity index (χ1) is 15.2. The molecular formula is C31H52O. The summed E-state index contributed by atoms with van der Waals surface area (Å²) in [5, 5.41) is 10.9. The minimum absolute atomic E-state index is 0.0580. The van der Waals surface area contributed by atoms with Crippen molar-refractivity contribution in [3.05, 3.63) is 22.8 Å². The van der Waals surface area contributed by atoms with Gasteiger partial charge in [-0.05, 0) is 103 Å². The van der Waals surface area contributed by atoms with Gasteiger partial charge in [0, 0.05) is 0 Å². The first kappa shape index (κ1) is 24.6. The standard InChI is InChI=1S/C31H52O/c1-7-8-12-24-27-14-13-23-26-16-15-25(22(4)11-9-10-21(2)3)30(26,5)19-17-28(23)31(27,6)20-18-29(24)32/h16,21-22,24-25,27,29,32H,7-15,17-20H2,1-6H3/t22-,24?,25-,27?,29+,30-,31+/m1/s1. The second-order valence-corrected chi connectivity index (χ2v) is 13.1. The molecule has 0 heterocycles. The van der Waals surface area contributed by atoms with E-state index in [9.17, 15) is 5.11 Å². The van der Waals surface area contributed by atoms with E-state index in [0.717, 1.165) is 24.2 Å². The lowest BCUT2D eigenvalue weighted by atomic mass is 9.49. The lowest BCUT2D eigenvalue weighted by Crippen LogP contribution is -2.48. The lowest BCUT2D eigenvalue weighted by molar-refractivity contribution is -0.0414. The van der Waals surface area contributed by atoms with Gasteiger partial charge in [-0.25, -0.2) is 0 Å². The number of aliphatic hydroxyl groups is 1. The van der Waals surface area contributed by atoms with E-state index < -0.39 is 0 Å². The predicted octanol–water partition coefficient (Wildman–Crippen LogP) is 8.87. The van der Waals surface area contributed by atoms with Crippen LogP contribution < -0.4 is 0 Å². The molecule has 0 aromatic carbocycles. The van der Waals surface area contributed by atoms with E-state index in [-0.39, 0.29) is 6.10 Å². The summed E-state index contributed by atoms with van der Waals surface area (Å²) in [6.07, 6.45) is 19.4. The highest BCUT2D eigenvalue weighted by molar-refractivity contribution is 5.49. The van der Waals surface area contributed by atoms with Gasteiger partial charge in [0.25, 0.3) is 0 Å². The van der Waals surface area contributed by atoms with E-state index in [1.807, 2.05) is 5.57 Å². The molecule has 7 atom stereocenters. The summed E-state index contributed by atoms with van der Waals surface area (Å²) < 4.78 is 0. The highest BCUT2D eigenvalue weighted by atomic mass is 16.3. The Morgan fingerprint density at radius 1 is 1.00 bits per heavy atom. The molecule has 0 spiro atoms. The molecule has 4 aliphatic rings. The smallest absolute Gasteiger partial charge is 0.0571 e. The Morgan fingerprint density at radius 3 is 2.50 bits per heavy atom. The zero-order valence-corrected chi connectivity index (χ0v) is 22.2. The van der Waals surface area contributed by atoms with Gasteiger partial charge >= 0.3 is 0 Å². The Hall–Kier alpha value is -0.560. The minimum atomic E-state index is -0.0580. The topological polar surface area (TPSA) is 20.2 Å². The highest BCUT2D eigenvalue weighted by Gasteiger charge is 2.54. The second-order valence-electron chi connectivity index (χ2n) is 13.1. The highest BCUT2D eigenvalue weighted by Crippen LogP contribution is 2.65. The molecular weight excluding hydrogens is 388 g/mol. The maximum absolute atomic E-state index is 10.9. The van der Waals surface area contributed by atoms with Crippen LogP contribution in [0.25, 0.3) is 0 Å². The molecule has 1 heteroatoms. The zero-order valence-electron chi connectivity index (χ0n) is 22.2. The Bertz CT molecular complexity index is 729. The van der Waals surface area contributed by atoms with Crippen LogP contribution in [0.4, 0.5) is 0 Å². The number of unbranched alkanes of at least 4 members (excludes halogenated alkanes) is 1. The van der Waals surface area contributed by atoms with Gasteiger partial charge in [0.1, 0.15) is 0 Å². The van der Waals surface area contributed by atoms with Crippen LogP contribution in [0.15, 0.2) is 22.8 Å². The monoisotopic (exact) mass is 440 g/mol. The predicted molar refractivity (Wildman–Crippen MR) is 137 cm³/mol. The van der Waals surface area contributed by atoms with Crippen LogP contribution in [0, 0.1) is 40.4 Å². The average Bonchev–Trinajstić information content (AvgIpc) is 3.10. The van der Waals surface area contributed by atoms with Crippen LogP contribution in [-0.4, -0.2) is 11.2 Å². The normalized spacial score (nSPS) is 40.1. The number of hydrogen-bond donors (Lipinski definition) is 1. The van der Waals surface area contributed by atoms with Crippen molar-refractivity contribution < 1.29 is 5.11 Å². The van der Waals surface area contributed by atoms with E-state index in [1.54, 1.807) is 11.1 Å². The average molecular weight is 441 g/mol. The first-order valence-corrected chi connectivity index (χ1v) is 14.3. The van der Waals surface area contributed by atoms with Crippen molar-refractivity contribution in [2.45, 2.75) is 131 Å². The third-order valence-corrected chi connectivity index (χ3v) is 10.8. The van der Waals surface area contributed by atoms with Crippen LogP contribution in [0.1, 0.15) is 125 Å². The van der Waals surface area contributed by atoms with E-state index in [1.165, 1.54) is 77.0 Å². The molecule has 1 N–H and O–H groups in total.